The zero-order chi connectivity index (χ0) is 19.6. The van der Waals surface area contributed by atoms with E-state index in [0.717, 1.165) is 37.2 Å². The van der Waals surface area contributed by atoms with Gasteiger partial charge in [-0.2, -0.15) is 0 Å². The Bertz CT molecular complexity index is 734. The van der Waals surface area contributed by atoms with Crippen molar-refractivity contribution < 1.29 is 14.4 Å². The smallest absolute Gasteiger partial charge is 0.310 e. The zero-order valence-corrected chi connectivity index (χ0v) is 16.2. The fourth-order valence-electron chi connectivity index (χ4n) is 4.04. The lowest BCUT2D eigenvalue weighted by Gasteiger charge is -2.23. The highest BCUT2D eigenvalue weighted by Crippen LogP contribution is 2.36. The molecule has 3 rings (SSSR count). The second-order valence-electron chi connectivity index (χ2n) is 7.40. The Hall–Kier alpha value is -2.41. The van der Waals surface area contributed by atoms with Gasteiger partial charge in [0.05, 0.1) is 0 Å². The van der Waals surface area contributed by atoms with Crippen LogP contribution in [0.3, 0.4) is 0 Å². The van der Waals surface area contributed by atoms with E-state index >= 15 is 0 Å². The van der Waals surface area contributed by atoms with Crippen molar-refractivity contribution in [3.8, 4) is 0 Å². The number of amides is 3. The van der Waals surface area contributed by atoms with Crippen molar-refractivity contribution in [2.24, 2.45) is 0 Å². The van der Waals surface area contributed by atoms with E-state index in [9.17, 15) is 14.4 Å². The van der Waals surface area contributed by atoms with E-state index in [0.29, 0.717) is 6.54 Å². The fraction of sp³-hybridized carbons (Fsp3) is 0.550. The van der Waals surface area contributed by atoms with E-state index in [-0.39, 0.29) is 18.0 Å². The van der Waals surface area contributed by atoms with Gasteiger partial charge in [0.1, 0.15) is 6.04 Å². The Labute approximate surface area is 160 Å². The minimum atomic E-state index is -0.819. The van der Waals surface area contributed by atoms with Crippen molar-refractivity contribution in [1.29, 1.82) is 0 Å². The number of hydrogen-bond donors (Lipinski definition) is 2. The van der Waals surface area contributed by atoms with Crippen molar-refractivity contribution >= 4 is 23.4 Å². The van der Waals surface area contributed by atoms with E-state index in [2.05, 4.69) is 22.5 Å². The Morgan fingerprint density at radius 1 is 1.22 bits per heavy atom. The van der Waals surface area contributed by atoms with Crippen LogP contribution in [0, 0.1) is 0 Å². The highest BCUT2D eigenvalue weighted by Gasteiger charge is 2.40. The van der Waals surface area contributed by atoms with Crippen molar-refractivity contribution in [2.75, 3.05) is 24.5 Å². The summed E-state index contributed by atoms with van der Waals surface area (Å²) < 4.78 is 0. The van der Waals surface area contributed by atoms with Crippen molar-refractivity contribution in [3.05, 3.63) is 29.8 Å². The number of nitrogens with one attached hydrogen (secondary N) is 2. The summed E-state index contributed by atoms with van der Waals surface area (Å²) in [6, 6.07) is 6.79. The molecular weight excluding hydrogens is 344 g/mol. The first-order valence-electron chi connectivity index (χ1n) is 9.68. The van der Waals surface area contributed by atoms with Gasteiger partial charge in [0.15, 0.2) is 0 Å². The van der Waals surface area contributed by atoms with Gasteiger partial charge in [-0.15, -0.1) is 0 Å². The summed E-state index contributed by atoms with van der Waals surface area (Å²) in [5.41, 5.74) is 1.51. The van der Waals surface area contributed by atoms with E-state index in [1.54, 1.807) is 4.90 Å². The monoisotopic (exact) mass is 372 g/mol. The maximum absolute atomic E-state index is 12.8. The second kappa shape index (κ2) is 8.08. The lowest BCUT2D eigenvalue weighted by molar-refractivity contribution is -0.140. The van der Waals surface area contributed by atoms with Gasteiger partial charge in [-0.3, -0.25) is 19.3 Å². The molecule has 3 amide bonds. The third-order valence-electron chi connectivity index (χ3n) is 5.39. The van der Waals surface area contributed by atoms with Gasteiger partial charge in [0.25, 0.3) is 5.91 Å². The van der Waals surface area contributed by atoms with E-state index < -0.39 is 17.9 Å². The van der Waals surface area contributed by atoms with Gasteiger partial charge >= 0.3 is 11.8 Å². The summed E-state index contributed by atoms with van der Waals surface area (Å²) in [4.78, 5) is 41.4. The van der Waals surface area contributed by atoms with Gasteiger partial charge in [0.2, 0.25) is 0 Å². The van der Waals surface area contributed by atoms with Crippen LogP contribution in [0.2, 0.25) is 0 Å². The lowest BCUT2D eigenvalue weighted by atomic mass is 10.1. The zero-order valence-electron chi connectivity index (χ0n) is 16.2. The summed E-state index contributed by atoms with van der Waals surface area (Å²) in [5, 5.41) is 5.33. The predicted octanol–water partition coefficient (Wildman–Crippen LogP) is 1.20. The molecule has 2 heterocycles. The normalized spacial score (nSPS) is 22.2. The third kappa shape index (κ3) is 3.83. The minimum absolute atomic E-state index is 0.0308. The van der Waals surface area contributed by atoms with Crippen LogP contribution in [-0.4, -0.2) is 54.3 Å². The van der Waals surface area contributed by atoms with Crippen LogP contribution in [-0.2, 0) is 14.4 Å². The number of likely N-dealkylation sites (tertiary alicyclic amines) is 1. The molecule has 1 aromatic rings. The maximum Gasteiger partial charge on any atom is 0.310 e. The third-order valence-corrected chi connectivity index (χ3v) is 5.39. The van der Waals surface area contributed by atoms with Crippen molar-refractivity contribution in [2.45, 2.75) is 51.7 Å². The molecule has 0 radical (unpaired) electrons. The highest BCUT2D eigenvalue weighted by atomic mass is 16.2. The summed E-state index contributed by atoms with van der Waals surface area (Å²) in [7, 11) is 0. The molecule has 0 bridgehead atoms. The van der Waals surface area contributed by atoms with Crippen molar-refractivity contribution in [1.82, 2.24) is 15.5 Å². The van der Waals surface area contributed by atoms with Crippen LogP contribution >= 0.6 is 0 Å². The summed E-state index contributed by atoms with van der Waals surface area (Å²) in [5.74, 6) is -1.67. The summed E-state index contributed by atoms with van der Waals surface area (Å²) in [6.07, 6.45) is 2.13. The molecule has 2 aliphatic rings. The second-order valence-corrected chi connectivity index (χ2v) is 7.40. The standard InChI is InChI=1S/C20H28N4O3/c1-4-23-11-7-8-14(23)12-21-18(25)19(26)22-17-15-9-5-6-10-16(15)24(13(2)3)20(17)27/h5-6,9-10,13-14,17H,4,7-8,11-12H2,1-3H3,(H,21,25)(H,22,26). The van der Waals surface area contributed by atoms with Crippen molar-refractivity contribution in [3.63, 3.8) is 0 Å². The average Bonchev–Trinajstić information content (AvgIpc) is 3.22. The number of likely N-dealkylation sites (N-methyl/N-ethyl adjacent to an activating group) is 1. The molecule has 27 heavy (non-hydrogen) atoms. The van der Waals surface area contributed by atoms with Gasteiger partial charge in [-0.25, -0.2) is 0 Å². The van der Waals surface area contributed by atoms with Crippen LogP contribution in [0.1, 0.15) is 45.2 Å². The Balaban J connectivity index is 1.63. The number of rotatable bonds is 5. The molecule has 2 unspecified atom stereocenters. The average molecular weight is 372 g/mol. The molecule has 2 atom stereocenters. The molecule has 1 saturated heterocycles. The molecule has 7 heteroatoms. The van der Waals surface area contributed by atoms with Crippen LogP contribution in [0.5, 0.6) is 0 Å². The van der Waals surface area contributed by atoms with E-state index in [1.165, 1.54) is 0 Å². The Kier molecular flexibility index (Phi) is 5.79. The molecule has 0 saturated carbocycles. The number of fused-ring (bicyclic) bond motifs is 1. The van der Waals surface area contributed by atoms with Crippen LogP contribution in [0.15, 0.2) is 24.3 Å². The molecule has 1 aromatic carbocycles. The topological polar surface area (TPSA) is 81.8 Å². The van der Waals surface area contributed by atoms with Gasteiger partial charge in [-0.1, -0.05) is 25.1 Å². The first-order chi connectivity index (χ1) is 12.9. The molecule has 1 fully saturated rings. The number of nitrogens with zero attached hydrogens (tertiary/aromatic N) is 2. The summed E-state index contributed by atoms with van der Waals surface area (Å²) in [6.45, 7) is 8.36. The number of hydrogen-bond acceptors (Lipinski definition) is 4. The number of carbonyl (C=O) groups excluding carboxylic acids is 3. The quantitative estimate of drug-likeness (QED) is 0.761. The van der Waals surface area contributed by atoms with Crippen LogP contribution in [0.25, 0.3) is 0 Å². The maximum atomic E-state index is 12.8. The molecule has 2 aliphatic heterocycles. The van der Waals surface area contributed by atoms with Gasteiger partial charge in [0, 0.05) is 29.9 Å². The van der Waals surface area contributed by atoms with E-state index in [4.69, 9.17) is 0 Å². The summed E-state index contributed by atoms with van der Waals surface area (Å²) >= 11 is 0. The SMILES string of the molecule is CCN1CCCC1CNC(=O)C(=O)NC1C(=O)N(C(C)C)c2ccccc21. The molecule has 7 nitrogen and oxygen atoms in total. The Morgan fingerprint density at radius 3 is 2.67 bits per heavy atom. The lowest BCUT2D eigenvalue weighted by Crippen LogP contribution is -2.48. The largest absolute Gasteiger partial charge is 0.346 e. The first-order valence-corrected chi connectivity index (χ1v) is 9.68. The van der Waals surface area contributed by atoms with Gasteiger partial charge in [-0.05, 0) is 45.8 Å². The molecule has 146 valence electrons. The molecule has 0 aromatic heterocycles. The number of benzene rings is 1. The van der Waals surface area contributed by atoms with E-state index in [1.807, 2.05) is 38.1 Å². The molecule has 0 aliphatic carbocycles. The van der Waals surface area contributed by atoms with Gasteiger partial charge < -0.3 is 15.5 Å². The van der Waals surface area contributed by atoms with Crippen LogP contribution < -0.4 is 15.5 Å². The first kappa shape index (κ1) is 19.4. The Morgan fingerprint density at radius 2 is 1.96 bits per heavy atom. The molecule has 0 spiro atoms. The van der Waals surface area contributed by atoms with Crippen LogP contribution in [0.4, 0.5) is 5.69 Å². The fourth-order valence-corrected chi connectivity index (χ4v) is 4.04. The number of para-hydroxylation sites is 1. The highest BCUT2D eigenvalue weighted by molar-refractivity contribution is 6.35. The number of carbonyl (C=O) groups is 3. The predicted molar refractivity (Wildman–Crippen MR) is 103 cm³/mol. The minimum Gasteiger partial charge on any atom is -0.346 e. The molecular formula is C20H28N4O3. The number of anilines is 1. The molecule has 2 N–H and O–H groups in total.